The Kier molecular flexibility index (Phi) is 10.3. The van der Waals surface area contributed by atoms with Crippen LogP contribution in [0.5, 0.6) is 0 Å². The van der Waals surface area contributed by atoms with E-state index in [1.807, 2.05) is 36.0 Å². The van der Waals surface area contributed by atoms with Gasteiger partial charge in [0.25, 0.3) is 5.89 Å². The smallest absolute Gasteiger partial charge is 0.257 e. The van der Waals surface area contributed by atoms with Gasteiger partial charge in [0.15, 0.2) is 11.8 Å². The standard InChI is InChI=1S/C21H29N7O.HI/c1-3-19-26-20(29-27-19)18-9-7-17(8-10-18)11-14-24-21(22-4-2)23-12-5-15-28-16-6-13-25-28;/h6-10,13,16H,3-5,11-12,14-15H2,1-2H3,(H2,22,23,24);1H. The number of rotatable bonds is 10. The molecule has 0 saturated carbocycles. The van der Waals surface area contributed by atoms with Crippen LogP contribution in [0.4, 0.5) is 0 Å². The molecule has 0 aliphatic rings. The average Bonchev–Trinajstić information content (AvgIpc) is 3.43. The molecular weight excluding hydrogens is 493 g/mol. The van der Waals surface area contributed by atoms with Crippen molar-refractivity contribution in [2.24, 2.45) is 4.99 Å². The van der Waals surface area contributed by atoms with Crippen LogP contribution in [0.25, 0.3) is 11.5 Å². The molecule has 30 heavy (non-hydrogen) atoms. The minimum atomic E-state index is 0. The van der Waals surface area contributed by atoms with Crippen molar-refractivity contribution in [1.29, 1.82) is 0 Å². The second-order valence-corrected chi connectivity index (χ2v) is 6.63. The fourth-order valence-electron chi connectivity index (χ4n) is 2.85. The molecule has 0 fully saturated rings. The van der Waals surface area contributed by atoms with Crippen LogP contribution in [0, 0.1) is 0 Å². The molecule has 8 nitrogen and oxygen atoms in total. The lowest BCUT2D eigenvalue weighted by molar-refractivity contribution is 0.423. The Morgan fingerprint density at radius 1 is 1.17 bits per heavy atom. The Morgan fingerprint density at radius 2 is 2.00 bits per heavy atom. The molecule has 0 unspecified atom stereocenters. The summed E-state index contributed by atoms with van der Waals surface area (Å²) in [6.07, 6.45) is 6.40. The number of aryl methyl sites for hydroxylation is 2. The maximum atomic E-state index is 5.29. The average molecular weight is 523 g/mol. The second-order valence-electron chi connectivity index (χ2n) is 6.63. The third-order valence-electron chi connectivity index (χ3n) is 4.41. The van der Waals surface area contributed by atoms with Crippen LogP contribution >= 0.6 is 24.0 Å². The number of halogens is 1. The van der Waals surface area contributed by atoms with Gasteiger partial charge < -0.3 is 15.2 Å². The van der Waals surface area contributed by atoms with Crippen molar-refractivity contribution in [3.8, 4) is 11.5 Å². The minimum absolute atomic E-state index is 0. The highest BCUT2D eigenvalue weighted by Gasteiger charge is 2.07. The summed E-state index contributed by atoms with van der Waals surface area (Å²) in [4.78, 5) is 9.00. The van der Waals surface area contributed by atoms with E-state index in [0.717, 1.165) is 62.8 Å². The summed E-state index contributed by atoms with van der Waals surface area (Å²) >= 11 is 0. The highest BCUT2D eigenvalue weighted by Crippen LogP contribution is 2.18. The molecule has 0 saturated heterocycles. The highest BCUT2D eigenvalue weighted by molar-refractivity contribution is 14.0. The van der Waals surface area contributed by atoms with Crippen molar-refractivity contribution >= 4 is 29.9 Å². The van der Waals surface area contributed by atoms with E-state index in [1.54, 1.807) is 6.20 Å². The largest absolute Gasteiger partial charge is 0.357 e. The quantitative estimate of drug-likeness (QED) is 0.183. The Balaban J connectivity index is 0.00000320. The van der Waals surface area contributed by atoms with Gasteiger partial charge in [-0.05, 0) is 43.5 Å². The Hall–Kier alpha value is -2.43. The van der Waals surface area contributed by atoms with Crippen molar-refractivity contribution in [1.82, 2.24) is 30.6 Å². The van der Waals surface area contributed by atoms with E-state index in [-0.39, 0.29) is 24.0 Å². The topological polar surface area (TPSA) is 93.2 Å². The molecule has 2 aromatic heterocycles. The lowest BCUT2D eigenvalue weighted by Crippen LogP contribution is -2.38. The van der Waals surface area contributed by atoms with Gasteiger partial charge in [-0.15, -0.1) is 24.0 Å². The molecule has 0 bridgehead atoms. The zero-order chi connectivity index (χ0) is 20.3. The van der Waals surface area contributed by atoms with Crippen molar-refractivity contribution in [3.63, 3.8) is 0 Å². The molecule has 0 spiro atoms. The summed E-state index contributed by atoms with van der Waals surface area (Å²) in [6, 6.07) is 10.2. The predicted molar refractivity (Wildman–Crippen MR) is 129 cm³/mol. The second kappa shape index (κ2) is 13.0. The Morgan fingerprint density at radius 3 is 2.67 bits per heavy atom. The van der Waals surface area contributed by atoms with E-state index in [2.05, 4.69) is 49.9 Å². The summed E-state index contributed by atoms with van der Waals surface area (Å²) in [7, 11) is 0. The first-order valence-corrected chi connectivity index (χ1v) is 10.2. The normalized spacial score (nSPS) is 11.2. The lowest BCUT2D eigenvalue weighted by Gasteiger charge is -2.11. The third kappa shape index (κ3) is 7.43. The van der Waals surface area contributed by atoms with Crippen molar-refractivity contribution in [2.75, 3.05) is 19.6 Å². The molecule has 3 rings (SSSR count). The zero-order valence-corrected chi connectivity index (χ0v) is 19.9. The summed E-state index contributed by atoms with van der Waals surface area (Å²) < 4.78 is 7.22. The fraction of sp³-hybridized carbons (Fsp3) is 0.429. The van der Waals surface area contributed by atoms with Gasteiger partial charge >= 0.3 is 0 Å². The van der Waals surface area contributed by atoms with E-state index >= 15 is 0 Å². The van der Waals surface area contributed by atoms with Crippen LogP contribution in [0.3, 0.4) is 0 Å². The first-order chi connectivity index (χ1) is 14.3. The molecule has 162 valence electrons. The lowest BCUT2D eigenvalue weighted by atomic mass is 10.1. The molecule has 0 radical (unpaired) electrons. The molecule has 0 amide bonds. The Bertz CT molecular complexity index is 875. The van der Waals surface area contributed by atoms with Crippen LogP contribution < -0.4 is 10.6 Å². The molecule has 9 heteroatoms. The molecule has 1 aromatic carbocycles. The van der Waals surface area contributed by atoms with Crippen LogP contribution in [0.15, 0.2) is 52.2 Å². The van der Waals surface area contributed by atoms with E-state index in [0.29, 0.717) is 5.89 Å². The van der Waals surface area contributed by atoms with Crippen molar-refractivity contribution in [3.05, 3.63) is 54.1 Å². The maximum absolute atomic E-state index is 5.29. The third-order valence-corrected chi connectivity index (χ3v) is 4.41. The SMILES string of the molecule is CCNC(=NCCCn1cccn1)NCCc1ccc(-c2nc(CC)no2)cc1.I. The van der Waals surface area contributed by atoms with Crippen LogP contribution in [0.2, 0.25) is 0 Å². The highest BCUT2D eigenvalue weighted by atomic mass is 127. The zero-order valence-electron chi connectivity index (χ0n) is 17.5. The summed E-state index contributed by atoms with van der Waals surface area (Å²) in [5, 5.41) is 14.8. The molecular formula is C21H30IN7O. The van der Waals surface area contributed by atoms with Crippen molar-refractivity contribution < 1.29 is 4.52 Å². The maximum Gasteiger partial charge on any atom is 0.257 e. The van der Waals surface area contributed by atoms with Crippen LogP contribution in [-0.4, -0.2) is 45.5 Å². The van der Waals surface area contributed by atoms with Gasteiger partial charge in [0, 0.05) is 50.6 Å². The van der Waals surface area contributed by atoms with Crippen LogP contribution in [0.1, 0.15) is 31.7 Å². The van der Waals surface area contributed by atoms with Gasteiger partial charge in [-0.1, -0.05) is 24.2 Å². The van der Waals surface area contributed by atoms with Crippen LogP contribution in [-0.2, 0) is 19.4 Å². The number of hydrogen-bond acceptors (Lipinski definition) is 5. The van der Waals surface area contributed by atoms with Gasteiger partial charge in [0.1, 0.15) is 0 Å². The van der Waals surface area contributed by atoms with Gasteiger partial charge in [-0.3, -0.25) is 9.67 Å². The van der Waals surface area contributed by atoms with E-state index < -0.39 is 0 Å². The molecule has 2 heterocycles. The van der Waals surface area contributed by atoms with Crippen molar-refractivity contribution in [2.45, 2.75) is 39.7 Å². The minimum Gasteiger partial charge on any atom is -0.357 e. The molecule has 3 aromatic rings. The van der Waals surface area contributed by atoms with E-state index in [9.17, 15) is 0 Å². The van der Waals surface area contributed by atoms with Gasteiger partial charge in [-0.25, -0.2) is 0 Å². The predicted octanol–water partition coefficient (Wildman–Crippen LogP) is 3.30. The molecule has 0 atom stereocenters. The molecule has 0 aliphatic carbocycles. The Labute approximate surface area is 194 Å². The van der Waals surface area contributed by atoms with E-state index in [1.165, 1.54) is 5.56 Å². The summed E-state index contributed by atoms with van der Waals surface area (Å²) in [5.41, 5.74) is 2.19. The number of guanidine groups is 1. The van der Waals surface area contributed by atoms with Gasteiger partial charge in [0.05, 0.1) is 0 Å². The number of aliphatic imine (C=N–C) groups is 1. The number of nitrogens with zero attached hydrogens (tertiary/aromatic N) is 5. The summed E-state index contributed by atoms with van der Waals surface area (Å²) in [5.74, 6) is 2.15. The number of benzene rings is 1. The van der Waals surface area contributed by atoms with E-state index in [4.69, 9.17) is 4.52 Å². The molecule has 0 aliphatic heterocycles. The first-order valence-electron chi connectivity index (χ1n) is 10.2. The number of aromatic nitrogens is 4. The number of nitrogens with one attached hydrogen (secondary N) is 2. The molecule has 2 N–H and O–H groups in total. The fourth-order valence-corrected chi connectivity index (χ4v) is 2.85. The van der Waals surface area contributed by atoms with Gasteiger partial charge in [0.2, 0.25) is 0 Å². The monoisotopic (exact) mass is 523 g/mol. The van der Waals surface area contributed by atoms with Gasteiger partial charge in [-0.2, -0.15) is 10.1 Å². The number of hydrogen-bond donors (Lipinski definition) is 2. The summed E-state index contributed by atoms with van der Waals surface area (Å²) in [6.45, 7) is 7.36. The first kappa shape index (κ1) is 23.8.